The summed E-state index contributed by atoms with van der Waals surface area (Å²) in [6.07, 6.45) is 20.3. The summed E-state index contributed by atoms with van der Waals surface area (Å²) >= 11 is 0. The van der Waals surface area contributed by atoms with Crippen LogP contribution in [-0.4, -0.2) is 10.4 Å². The highest BCUT2D eigenvalue weighted by molar-refractivity contribution is 5.74. The van der Waals surface area contributed by atoms with Crippen LogP contribution in [-0.2, 0) is 7.05 Å². The van der Waals surface area contributed by atoms with Gasteiger partial charge in [-0.15, -0.1) is 0 Å². The highest BCUT2D eigenvalue weighted by atomic mass is 16.4. The van der Waals surface area contributed by atoms with E-state index in [1.165, 1.54) is 22.8 Å². The van der Waals surface area contributed by atoms with E-state index in [2.05, 4.69) is 21.6 Å². The Morgan fingerprint density at radius 2 is 1.43 bits per heavy atom. The van der Waals surface area contributed by atoms with Crippen molar-refractivity contribution in [1.29, 1.82) is 15.8 Å². The Labute approximate surface area is 257 Å². The normalized spacial score (nSPS) is 18.4. The Balaban J connectivity index is 1.93. The first-order chi connectivity index (χ1) is 21.4. The number of oxazole rings is 1. The molecule has 0 aliphatic heterocycles. The van der Waals surface area contributed by atoms with Gasteiger partial charge in [0.2, 0.25) is 5.55 Å². The van der Waals surface area contributed by atoms with Gasteiger partial charge in [0.1, 0.15) is 5.35 Å². The highest BCUT2D eigenvalue weighted by Crippen LogP contribution is 2.36. The van der Waals surface area contributed by atoms with Crippen LogP contribution in [0.2, 0.25) is 0 Å². The number of nitriles is 3. The van der Waals surface area contributed by atoms with E-state index in [0.29, 0.717) is 11.1 Å². The molecule has 1 aromatic rings. The zero-order valence-electron chi connectivity index (χ0n) is 24.7. The first kappa shape index (κ1) is 32.9. The van der Waals surface area contributed by atoms with E-state index >= 15 is 0 Å². The quantitative estimate of drug-likeness (QED) is 0.165. The summed E-state index contributed by atoms with van der Waals surface area (Å²) in [5, 5.41) is 39.0. The minimum atomic E-state index is -0.594. The molecular formula is C35H32N7O2-. The summed E-state index contributed by atoms with van der Waals surface area (Å²) in [6, 6.07) is 6.03. The summed E-state index contributed by atoms with van der Waals surface area (Å²) < 4.78 is 6.93. The third kappa shape index (κ3) is 8.00. The molecule has 44 heavy (non-hydrogen) atoms. The smallest absolute Gasteiger partial charge is 0.361 e. The van der Waals surface area contributed by atoms with Crippen molar-refractivity contribution >= 4 is 18.0 Å². The zero-order chi connectivity index (χ0) is 31.9. The van der Waals surface area contributed by atoms with Crippen molar-refractivity contribution < 1.29 is 4.42 Å². The summed E-state index contributed by atoms with van der Waals surface area (Å²) in [5.41, 5.74) is 0.983. The lowest BCUT2D eigenvalue weighted by molar-refractivity contribution is 0.406. The fraction of sp³-hybridized carbons (Fsp3) is 0.371. The van der Waals surface area contributed by atoms with Gasteiger partial charge in [0.25, 0.3) is 11.4 Å². The summed E-state index contributed by atoms with van der Waals surface area (Å²) in [6.45, 7) is 14.9. The third-order valence-corrected chi connectivity index (χ3v) is 8.02. The number of nitrogens with zero attached hydrogens (tertiary/aromatic N) is 7. The van der Waals surface area contributed by atoms with Crippen LogP contribution < -0.4 is 16.5 Å². The van der Waals surface area contributed by atoms with Crippen LogP contribution in [0.3, 0.4) is 0 Å². The second-order valence-electron chi connectivity index (χ2n) is 10.6. The highest BCUT2D eigenvalue weighted by Gasteiger charge is 2.24. The maximum atomic E-state index is 12.6. The largest absolute Gasteiger partial charge is 0.763 e. The van der Waals surface area contributed by atoms with Gasteiger partial charge in [-0.3, -0.25) is 5.87 Å². The zero-order valence-corrected chi connectivity index (χ0v) is 24.7. The van der Waals surface area contributed by atoms with E-state index in [-0.39, 0.29) is 45.3 Å². The molecule has 1 aromatic heterocycles. The van der Waals surface area contributed by atoms with Gasteiger partial charge in [-0.25, -0.2) is 25.0 Å². The lowest BCUT2D eigenvalue weighted by Gasteiger charge is -2.25. The predicted octanol–water partition coefficient (Wildman–Crippen LogP) is 5.82. The minimum Gasteiger partial charge on any atom is -0.763 e. The van der Waals surface area contributed by atoms with Crippen molar-refractivity contribution in [1.82, 2.24) is 4.57 Å². The Bertz CT molecular complexity index is 1820. The fourth-order valence-electron chi connectivity index (χ4n) is 5.85. The Hall–Kier alpha value is -5.65. The van der Waals surface area contributed by atoms with Gasteiger partial charge in [-0.1, -0.05) is 56.8 Å². The van der Waals surface area contributed by atoms with E-state index in [4.69, 9.17) is 17.6 Å². The number of allylic oxidation sites excluding steroid dienone is 11. The summed E-state index contributed by atoms with van der Waals surface area (Å²) in [4.78, 5) is 19.3. The van der Waals surface area contributed by atoms with Gasteiger partial charge in [-0.2, -0.15) is 5.26 Å². The van der Waals surface area contributed by atoms with Crippen LogP contribution >= 0.6 is 0 Å². The van der Waals surface area contributed by atoms with Gasteiger partial charge >= 0.3 is 5.63 Å². The van der Waals surface area contributed by atoms with Crippen LogP contribution in [0.15, 0.2) is 73.3 Å². The van der Waals surface area contributed by atoms with Crippen molar-refractivity contribution in [3.05, 3.63) is 114 Å². The molecule has 1 heterocycles. The number of aromatic nitrogens is 1. The molecule has 2 aliphatic rings. The molecule has 0 amide bonds. The molecule has 0 aromatic carbocycles. The first-order valence-corrected chi connectivity index (χ1v) is 14.6. The standard InChI is InChI=1S/C35H32N7O2/c1-40-29(23-38)33(25-13-6-4-7-14-25)27(21-36)17-10-11-20-32-42(3)31(35(43)44-32)19-12-18-28(22-37)34(30(24-39)41-2)26-15-8-5-9-16-26/h10-12,17-20,25-26H,4-9,13-16H2,3H3/q-1/b11-10+,18-12+,27-17+,31-19+,32-20-,33-29+,34-30-. The maximum Gasteiger partial charge on any atom is 0.361 e. The van der Waals surface area contributed by atoms with E-state index < -0.39 is 5.63 Å². The predicted molar refractivity (Wildman–Crippen MR) is 168 cm³/mol. The lowest BCUT2D eigenvalue weighted by atomic mass is 9.80. The fourth-order valence-corrected chi connectivity index (χ4v) is 5.85. The molecule has 3 rings (SSSR count). The van der Waals surface area contributed by atoms with E-state index in [0.717, 1.165) is 64.2 Å². The molecule has 0 atom stereocenters. The van der Waals surface area contributed by atoms with Gasteiger partial charge in [-0.05, 0) is 78.5 Å². The average molecular weight is 583 g/mol. The summed E-state index contributed by atoms with van der Waals surface area (Å²) in [7, 11) is 1.65. The topological polar surface area (TPSA) is 138 Å². The molecule has 9 nitrogen and oxygen atoms in total. The molecule has 2 fully saturated rings. The monoisotopic (exact) mass is 582 g/mol. The maximum absolute atomic E-state index is 12.6. The molecule has 0 spiro atoms. The Morgan fingerprint density at radius 1 is 0.864 bits per heavy atom. The SMILES string of the molecule is [C-]#[N+]/C(C#N)=C(\C(=C=[N-])/C=C/C=c1\c(=O)o\c(=C/C=C/C=C(C#N)/C(=C(\C#N)[N+]#[C-])C2CCCCC2)n1C)C1CCCCC1. The van der Waals surface area contributed by atoms with Crippen LogP contribution in [0.25, 0.3) is 27.3 Å². The van der Waals surface area contributed by atoms with E-state index in [1.807, 2.05) is 12.1 Å². The Morgan fingerprint density at radius 3 is 1.95 bits per heavy atom. The van der Waals surface area contributed by atoms with Crippen LogP contribution in [0, 0.1) is 59.0 Å². The Kier molecular flexibility index (Phi) is 12.5. The second-order valence-corrected chi connectivity index (χ2v) is 10.6. The molecule has 0 saturated heterocycles. The minimum absolute atomic E-state index is 0.00582. The molecular weight excluding hydrogens is 550 g/mol. The number of hydrogen-bond acceptors (Lipinski definition) is 5. The van der Waals surface area contributed by atoms with E-state index in [1.54, 1.807) is 31.4 Å². The van der Waals surface area contributed by atoms with E-state index in [9.17, 15) is 26.0 Å². The molecule has 0 unspecified atom stereocenters. The molecule has 0 N–H and O–H groups in total. The number of hydrogen-bond donors (Lipinski definition) is 0. The van der Waals surface area contributed by atoms with Crippen LogP contribution in [0.1, 0.15) is 64.2 Å². The molecule has 220 valence electrons. The molecule has 9 heteroatoms. The molecule has 0 bridgehead atoms. The van der Waals surface area contributed by atoms with Crippen LogP contribution in [0.4, 0.5) is 0 Å². The summed E-state index contributed by atoms with van der Waals surface area (Å²) in [5.74, 6) is 2.09. The van der Waals surface area contributed by atoms with Gasteiger partial charge in [0, 0.05) is 12.6 Å². The number of rotatable bonds is 8. The van der Waals surface area contributed by atoms with Gasteiger partial charge in [0.05, 0.1) is 31.4 Å². The van der Waals surface area contributed by atoms with Crippen molar-refractivity contribution in [2.75, 3.05) is 0 Å². The average Bonchev–Trinajstić information content (AvgIpc) is 3.33. The van der Waals surface area contributed by atoms with Crippen molar-refractivity contribution in [3.63, 3.8) is 0 Å². The van der Waals surface area contributed by atoms with Gasteiger partial charge < -0.3 is 14.4 Å². The van der Waals surface area contributed by atoms with Crippen LogP contribution in [0.5, 0.6) is 0 Å². The van der Waals surface area contributed by atoms with Crippen molar-refractivity contribution in [2.45, 2.75) is 64.2 Å². The first-order valence-electron chi connectivity index (χ1n) is 14.6. The molecule has 0 radical (unpaired) electrons. The molecule has 2 saturated carbocycles. The van der Waals surface area contributed by atoms with Gasteiger partial charge in [0.15, 0.2) is 0 Å². The third-order valence-electron chi connectivity index (χ3n) is 8.02. The lowest BCUT2D eigenvalue weighted by Crippen LogP contribution is -2.29. The van der Waals surface area contributed by atoms with Crippen molar-refractivity contribution in [2.24, 2.45) is 18.9 Å². The van der Waals surface area contributed by atoms with Crippen molar-refractivity contribution in [3.8, 4) is 18.2 Å². The molecule has 2 aliphatic carbocycles. The second kappa shape index (κ2) is 16.7.